The van der Waals surface area contributed by atoms with Gasteiger partial charge >= 0.3 is 34.1 Å². The molecule has 0 aliphatic heterocycles. The van der Waals surface area contributed by atoms with E-state index in [4.69, 9.17) is 0 Å². The maximum absolute atomic E-state index is 2.34. The van der Waals surface area contributed by atoms with E-state index in [0.29, 0.717) is 0 Å². The Kier molecular flexibility index (Phi) is 32.6. The molecule has 0 unspecified atom stereocenters. The van der Waals surface area contributed by atoms with E-state index in [0.717, 1.165) is 13.1 Å². The Labute approximate surface area is 371 Å². The monoisotopic (exact) mass is 1000 g/mol. The van der Waals surface area contributed by atoms with E-state index in [2.05, 4.69) is 107 Å². The zero-order chi connectivity index (χ0) is 33.2. The number of nitrogens with zero attached hydrogens (tertiary/aromatic N) is 2. The molecule has 2 heterocycles. The molecule has 2 aromatic heterocycles. The van der Waals surface area contributed by atoms with Gasteiger partial charge in [-0.15, -0.1) is 0 Å². The summed E-state index contributed by atoms with van der Waals surface area (Å²) < 4.78 is 4.67. The van der Waals surface area contributed by atoms with Crippen molar-refractivity contribution in [2.75, 3.05) is 0 Å². The number of hydrogen-bond acceptors (Lipinski definition) is 0. The quantitative estimate of drug-likeness (QED) is 0.0341. The normalized spacial score (nSPS) is 9.77. The largest absolute Gasteiger partial charge is 2.00 e. The van der Waals surface area contributed by atoms with Crippen LogP contribution in [0.3, 0.4) is 0 Å². The summed E-state index contributed by atoms with van der Waals surface area (Å²) in [6, 6.07) is 46.6. The number of aryl methyl sites for hydroxylation is 4. The van der Waals surface area contributed by atoms with Crippen LogP contribution in [0.1, 0.15) is 88.2 Å². The molecule has 282 valence electrons. The number of halogens is 2. The van der Waals surface area contributed by atoms with Crippen molar-refractivity contribution >= 4 is 0 Å². The summed E-state index contributed by atoms with van der Waals surface area (Å²) in [7, 11) is 0. The minimum Gasteiger partial charge on any atom is -1.00 e. The van der Waals surface area contributed by atoms with E-state index >= 15 is 0 Å². The molecule has 52 heavy (non-hydrogen) atoms. The van der Waals surface area contributed by atoms with Gasteiger partial charge in [0.1, 0.15) is 13.1 Å². The first-order chi connectivity index (χ1) is 23.9. The number of rotatable bonds is 19. The minimum atomic E-state index is 0. The maximum Gasteiger partial charge on any atom is 2.00 e. The van der Waals surface area contributed by atoms with Crippen LogP contribution in [0, 0.1) is 0 Å². The van der Waals surface area contributed by atoms with Gasteiger partial charge in [0.05, 0.1) is 0 Å². The molecular formula is C46H58Fe2I2N2. The molecule has 0 atom stereocenters. The summed E-state index contributed by atoms with van der Waals surface area (Å²) in [5.41, 5.74) is 5.60. The second-order valence-corrected chi connectivity index (χ2v) is 12.9. The number of hydrogen-bond donors (Lipinski definition) is 0. The molecule has 0 fully saturated rings. The van der Waals surface area contributed by atoms with Gasteiger partial charge in [-0.2, -0.15) is 71.8 Å². The molecule has 0 bridgehead atoms. The van der Waals surface area contributed by atoms with Gasteiger partial charge in [0.15, 0.2) is 24.8 Å². The first kappa shape index (κ1) is 50.2. The first-order valence-electron chi connectivity index (χ1n) is 18.6. The number of pyridine rings is 2. The van der Waals surface area contributed by atoms with E-state index in [1.54, 1.807) is 0 Å². The molecule has 0 amide bonds. The van der Waals surface area contributed by atoms with Gasteiger partial charge < -0.3 is 48.0 Å². The zero-order valence-corrected chi connectivity index (χ0v) is 37.2. The molecule has 0 spiro atoms. The molecule has 4 aromatic carbocycles. The van der Waals surface area contributed by atoms with Crippen molar-refractivity contribution in [1.29, 1.82) is 0 Å². The van der Waals surface area contributed by atoms with E-state index in [9.17, 15) is 0 Å². The van der Waals surface area contributed by atoms with Crippen molar-refractivity contribution in [2.24, 2.45) is 0 Å². The van der Waals surface area contributed by atoms with Gasteiger partial charge in [-0.1, -0.05) is 64.2 Å². The molecule has 0 saturated carbocycles. The van der Waals surface area contributed by atoms with Gasteiger partial charge in [0.2, 0.25) is 0 Å². The number of unbranched alkanes of at least 4 members (excludes halogenated alkanes) is 10. The van der Waals surface area contributed by atoms with Gasteiger partial charge in [0.25, 0.3) is 0 Å². The molecule has 0 radical (unpaired) electrons. The predicted molar refractivity (Wildman–Crippen MR) is 203 cm³/mol. The molecular weight excluding hydrogens is 946 g/mol. The Bertz CT molecular complexity index is 1340. The molecule has 0 aliphatic carbocycles. The summed E-state index contributed by atoms with van der Waals surface area (Å²) in [5, 5.41) is 0. The third-order valence-corrected chi connectivity index (χ3v) is 8.95. The average molecular weight is 1000 g/mol. The van der Waals surface area contributed by atoms with Crippen LogP contribution in [0.15, 0.2) is 158 Å². The second kappa shape index (κ2) is 33.7. The SMILES string of the molecule is [Fe+2].[Fe+2].[I-].[I-].c1c[cH-]c(CCCCCCCC[n+]2ccc(-c3cc[n+](CCCCCCCCc4ccc[cH-]4)cc3)cc2)c1.c1cc[cH-]c1.c1cc[cH-]c1. The third kappa shape index (κ3) is 23.1. The van der Waals surface area contributed by atoms with E-state index in [1.807, 2.05) is 60.7 Å². The molecule has 2 nitrogen and oxygen atoms in total. The van der Waals surface area contributed by atoms with Crippen molar-refractivity contribution in [1.82, 2.24) is 0 Å². The van der Waals surface area contributed by atoms with E-state index in [-0.39, 0.29) is 82.1 Å². The summed E-state index contributed by atoms with van der Waals surface area (Å²) in [6.45, 7) is 2.24. The van der Waals surface area contributed by atoms with Crippen LogP contribution in [-0.2, 0) is 60.1 Å². The van der Waals surface area contributed by atoms with E-state index in [1.165, 1.54) is 112 Å². The summed E-state index contributed by atoms with van der Waals surface area (Å²) in [6.07, 6.45) is 27.5. The van der Waals surface area contributed by atoms with Crippen LogP contribution in [0.5, 0.6) is 0 Å². The Morgan fingerprint density at radius 1 is 0.365 bits per heavy atom. The van der Waals surface area contributed by atoms with Gasteiger partial charge in [-0.25, -0.2) is 57.7 Å². The summed E-state index contributed by atoms with van der Waals surface area (Å²) in [5.74, 6) is 0. The zero-order valence-electron chi connectivity index (χ0n) is 30.7. The van der Waals surface area contributed by atoms with Crippen LogP contribution in [0.2, 0.25) is 0 Å². The van der Waals surface area contributed by atoms with Crippen molar-refractivity contribution < 1.29 is 91.2 Å². The fourth-order valence-electron chi connectivity index (χ4n) is 6.06. The first-order valence-corrected chi connectivity index (χ1v) is 18.6. The Balaban J connectivity index is 0.00000160. The van der Waals surface area contributed by atoms with Crippen molar-refractivity contribution in [3.05, 3.63) is 169 Å². The number of aromatic nitrogens is 2. The van der Waals surface area contributed by atoms with E-state index < -0.39 is 0 Å². The standard InChI is InChI=1S/C36H48N2.2C5H5.2Fe.2HI/c1(5-9-17-33-19-11-12-20-33)3-7-15-27-37-29-23-35(24-30-37)36-25-31-38(32-26-36)28-16-8-4-2-6-10-18-34-21-13-14-22-34;2*1-2-4-5-3-1;;;;/h11-14,19-26,29-32H,1-10,15-18,27-28H2;2*1-5H;;;2*1H/q;2*-1;2*+2;;/p-2. The molecule has 0 saturated heterocycles. The van der Waals surface area contributed by atoms with Crippen molar-refractivity contribution in [3.8, 4) is 11.1 Å². The summed E-state index contributed by atoms with van der Waals surface area (Å²) >= 11 is 0. The second-order valence-electron chi connectivity index (χ2n) is 12.9. The minimum absolute atomic E-state index is 0. The third-order valence-electron chi connectivity index (χ3n) is 8.95. The predicted octanol–water partition coefficient (Wildman–Crippen LogP) is 5.35. The topological polar surface area (TPSA) is 7.76 Å². The van der Waals surface area contributed by atoms with Gasteiger partial charge in [-0.3, -0.25) is 0 Å². The Morgan fingerprint density at radius 3 is 0.981 bits per heavy atom. The average Bonchev–Trinajstić information content (AvgIpc) is 3.97. The Hall–Kier alpha value is -1.80. The molecule has 6 aromatic rings. The summed E-state index contributed by atoms with van der Waals surface area (Å²) in [4.78, 5) is 0. The molecule has 6 rings (SSSR count). The van der Waals surface area contributed by atoms with Crippen molar-refractivity contribution in [3.63, 3.8) is 0 Å². The van der Waals surface area contributed by atoms with Gasteiger partial charge in [0, 0.05) is 37.1 Å². The van der Waals surface area contributed by atoms with Crippen LogP contribution in [-0.4, -0.2) is 0 Å². The molecule has 6 heteroatoms. The smallest absolute Gasteiger partial charge is 1.00 e. The van der Waals surface area contributed by atoms with Crippen LogP contribution in [0.25, 0.3) is 11.1 Å². The fourth-order valence-corrected chi connectivity index (χ4v) is 6.06. The molecule has 0 N–H and O–H groups in total. The molecule has 0 aliphatic rings. The van der Waals surface area contributed by atoms with Crippen LogP contribution >= 0.6 is 0 Å². The van der Waals surface area contributed by atoms with Gasteiger partial charge in [-0.05, 0) is 24.0 Å². The fraction of sp³-hybridized carbons (Fsp3) is 0.348. The van der Waals surface area contributed by atoms with Crippen molar-refractivity contribution in [2.45, 2.75) is 103 Å². The van der Waals surface area contributed by atoms with Crippen LogP contribution < -0.4 is 57.1 Å². The van der Waals surface area contributed by atoms with Crippen LogP contribution in [0.4, 0.5) is 0 Å². The maximum atomic E-state index is 2.34. The Morgan fingerprint density at radius 2 is 0.692 bits per heavy atom.